The molecule has 0 aliphatic rings. The van der Waals surface area contributed by atoms with Gasteiger partial charge < -0.3 is 23.3 Å². The normalized spacial score (nSPS) is 6.00. The van der Waals surface area contributed by atoms with Gasteiger partial charge >= 0.3 is 0 Å². The third-order valence-corrected chi connectivity index (χ3v) is 1.21. The lowest BCUT2D eigenvalue weighted by Gasteiger charge is -1.90. The lowest BCUT2D eigenvalue weighted by atomic mass is 10.2. The molecule has 0 aromatic heterocycles. The van der Waals surface area contributed by atoms with Crippen LogP contribution in [0, 0.1) is 0 Å². The molecule has 10 N–H and O–H groups in total. The third-order valence-electron chi connectivity index (χ3n) is 1.21. The Morgan fingerprint density at radius 1 is 0.636 bits per heavy atom. The fourth-order valence-corrected chi connectivity index (χ4v) is 0.677. The first kappa shape index (κ1) is 30.8. The molecule has 0 aromatic carbocycles. The molecular formula is C7H26N2O2. The summed E-state index contributed by atoms with van der Waals surface area (Å²) < 4.78 is 0. The van der Waals surface area contributed by atoms with Gasteiger partial charge in [-0.3, -0.25) is 0 Å². The van der Waals surface area contributed by atoms with E-state index in [4.69, 9.17) is 0 Å². The maximum atomic E-state index is 2.25. The lowest BCUT2D eigenvalue weighted by Crippen LogP contribution is -1.70. The summed E-state index contributed by atoms with van der Waals surface area (Å²) >= 11 is 0. The zero-order valence-electron chi connectivity index (χ0n) is 7.95. The minimum atomic E-state index is 0. The summed E-state index contributed by atoms with van der Waals surface area (Å²) in [6.07, 6.45) is 7.01. The van der Waals surface area contributed by atoms with Gasteiger partial charge in [0.2, 0.25) is 0 Å². The zero-order chi connectivity index (χ0) is 5.54. The van der Waals surface area contributed by atoms with Gasteiger partial charge in [-0.25, -0.2) is 0 Å². The van der Waals surface area contributed by atoms with Crippen molar-refractivity contribution in [2.24, 2.45) is 0 Å². The minimum absolute atomic E-state index is 0. The zero-order valence-corrected chi connectivity index (χ0v) is 7.95. The van der Waals surface area contributed by atoms with Gasteiger partial charge in [-0.2, -0.15) is 0 Å². The minimum Gasteiger partial charge on any atom is -0.412 e. The van der Waals surface area contributed by atoms with Gasteiger partial charge in [-0.15, -0.1) is 0 Å². The quantitative estimate of drug-likeness (QED) is 0.621. The summed E-state index contributed by atoms with van der Waals surface area (Å²) in [5.74, 6) is 0. The Morgan fingerprint density at radius 2 is 0.909 bits per heavy atom. The van der Waals surface area contributed by atoms with Crippen molar-refractivity contribution in [3.8, 4) is 0 Å². The molecule has 0 aliphatic heterocycles. The van der Waals surface area contributed by atoms with E-state index >= 15 is 0 Å². The Morgan fingerprint density at radius 3 is 1.09 bits per heavy atom. The van der Waals surface area contributed by atoms with E-state index in [1.165, 1.54) is 32.1 Å². The van der Waals surface area contributed by atoms with Gasteiger partial charge in [0.25, 0.3) is 0 Å². The third kappa shape index (κ3) is 41.0. The smallest absolute Gasteiger partial charge is 0.0533 e. The molecule has 0 saturated carbocycles. The fourth-order valence-electron chi connectivity index (χ4n) is 0.677. The van der Waals surface area contributed by atoms with Crippen LogP contribution < -0.4 is 12.3 Å². The summed E-state index contributed by atoms with van der Waals surface area (Å²) in [6, 6.07) is 0. The van der Waals surface area contributed by atoms with Gasteiger partial charge in [0.1, 0.15) is 0 Å². The van der Waals surface area contributed by atoms with Gasteiger partial charge in [-0.1, -0.05) is 46.0 Å². The molecule has 0 spiro atoms. The van der Waals surface area contributed by atoms with Crippen molar-refractivity contribution in [3.05, 3.63) is 0 Å². The van der Waals surface area contributed by atoms with Crippen LogP contribution in [0.2, 0.25) is 0 Å². The SMILES string of the molecule is CCCCCCC.N.N.O.O. The van der Waals surface area contributed by atoms with Crippen LogP contribution in [0.25, 0.3) is 0 Å². The Kier molecular flexibility index (Phi) is 91.8. The molecular weight excluding hydrogens is 144 g/mol. The van der Waals surface area contributed by atoms with E-state index in [9.17, 15) is 0 Å². The number of unbranched alkanes of at least 4 members (excludes halogenated alkanes) is 4. The second kappa shape index (κ2) is 32.8. The maximum absolute atomic E-state index is 2.25. The number of rotatable bonds is 4. The summed E-state index contributed by atoms with van der Waals surface area (Å²) in [5.41, 5.74) is 0. The summed E-state index contributed by atoms with van der Waals surface area (Å²) in [6.45, 7) is 4.49. The van der Waals surface area contributed by atoms with Crippen molar-refractivity contribution < 1.29 is 11.0 Å². The highest BCUT2D eigenvalue weighted by atomic mass is 16.0. The van der Waals surface area contributed by atoms with Crippen LogP contribution in [0.1, 0.15) is 46.0 Å². The summed E-state index contributed by atoms with van der Waals surface area (Å²) in [7, 11) is 0. The molecule has 0 saturated heterocycles. The molecule has 0 rings (SSSR count). The molecule has 0 fully saturated rings. The number of hydrogen-bond acceptors (Lipinski definition) is 2. The largest absolute Gasteiger partial charge is 0.412 e. The molecule has 4 heteroatoms. The molecule has 0 heterocycles. The van der Waals surface area contributed by atoms with E-state index < -0.39 is 0 Å². The standard InChI is InChI=1S/C7H16.2H3N.2H2O/c1-3-5-7-6-4-2;;;;/h3-7H2,1-2H3;2*1H3;2*1H2. The van der Waals surface area contributed by atoms with Gasteiger partial charge in [0.15, 0.2) is 0 Å². The molecule has 0 amide bonds. The molecule has 0 aliphatic carbocycles. The molecule has 76 valence electrons. The lowest BCUT2D eigenvalue weighted by molar-refractivity contribution is 0.656. The maximum Gasteiger partial charge on any atom is -0.0533 e. The van der Waals surface area contributed by atoms with Crippen LogP contribution >= 0.6 is 0 Å². The molecule has 0 unspecified atom stereocenters. The van der Waals surface area contributed by atoms with Crippen LogP contribution in [0.5, 0.6) is 0 Å². The van der Waals surface area contributed by atoms with Crippen LogP contribution in [0.4, 0.5) is 0 Å². The summed E-state index contributed by atoms with van der Waals surface area (Å²) in [4.78, 5) is 0. The molecule has 0 aromatic rings. The Bertz CT molecular complexity index is 33.6. The van der Waals surface area contributed by atoms with Gasteiger partial charge in [-0.05, 0) is 0 Å². The van der Waals surface area contributed by atoms with Crippen molar-refractivity contribution in [1.29, 1.82) is 0 Å². The first-order valence-corrected chi connectivity index (χ1v) is 3.41. The second-order valence-corrected chi connectivity index (χ2v) is 2.06. The first-order chi connectivity index (χ1) is 3.41. The average Bonchev–Trinajstić information content (AvgIpc) is 1.69. The Balaban J connectivity index is -0.0000000300. The van der Waals surface area contributed by atoms with Crippen LogP contribution in [-0.2, 0) is 0 Å². The van der Waals surface area contributed by atoms with Crippen molar-refractivity contribution in [1.82, 2.24) is 12.3 Å². The van der Waals surface area contributed by atoms with E-state index in [1.807, 2.05) is 0 Å². The van der Waals surface area contributed by atoms with Crippen molar-refractivity contribution in [2.75, 3.05) is 0 Å². The second-order valence-electron chi connectivity index (χ2n) is 2.06. The van der Waals surface area contributed by atoms with Gasteiger partial charge in [0, 0.05) is 0 Å². The number of hydrogen-bond donors (Lipinski definition) is 2. The van der Waals surface area contributed by atoms with E-state index in [0.717, 1.165) is 0 Å². The van der Waals surface area contributed by atoms with Crippen LogP contribution in [0.3, 0.4) is 0 Å². The van der Waals surface area contributed by atoms with Crippen molar-refractivity contribution in [3.63, 3.8) is 0 Å². The van der Waals surface area contributed by atoms with Crippen molar-refractivity contribution in [2.45, 2.75) is 46.0 Å². The summed E-state index contributed by atoms with van der Waals surface area (Å²) in [5, 5.41) is 0. The fraction of sp³-hybridized carbons (Fsp3) is 1.00. The van der Waals surface area contributed by atoms with E-state index in [1.54, 1.807) is 0 Å². The molecule has 0 atom stereocenters. The van der Waals surface area contributed by atoms with Crippen LogP contribution in [-0.4, -0.2) is 11.0 Å². The molecule has 0 radical (unpaired) electrons. The van der Waals surface area contributed by atoms with E-state index in [0.29, 0.717) is 0 Å². The van der Waals surface area contributed by atoms with E-state index in [2.05, 4.69) is 13.8 Å². The molecule has 0 bridgehead atoms. The highest BCUT2D eigenvalue weighted by Gasteiger charge is 1.80. The highest BCUT2D eigenvalue weighted by molar-refractivity contribution is 4.35. The molecule has 11 heavy (non-hydrogen) atoms. The van der Waals surface area contributed by atoms with Crippen molar-refractivity contribution >= 4 is 0 Å². The first-order valence-electron chi connectivity index (χ1n) is 3.41. The van der Waals surface area contributed by atoms with Crippen LogP contribution in [0.15, 0.2) is 0 Å². The molecule has 4 nitrogen and oxygen atoms in total. The predicted molar refractivity (Wildman–Crippen MR) is 51.7 cm³/mol. The predicted octanol–water partition coefficient (Wildman–Crippen LogP) is 1.65. The monoisotopic (exact) mass is 170 g/mol. The van der Waals surface area contributed by atoms with Gasteiger partial charge in [0.05, 0.1) is 0 Å². The average molecular weight is 170 g/mol. The van der Waals surface area contributed by atoms with E-state index in [-0.39, 0.29) is 23.3 Å². The highest BCUT2D eigenvalue weighted by Crippen LogP contribution is 2.00. The Labute approximate surface area is 70.2 Å². The topological polar surface area (TPSA) is 133 Å². The Hall–Kier alpha value is -0.160.